The maximum Gasteiger partial charge on any atom is 0.419 e. The maximum absolute atomic E-state index is 12.5. The molecule has 0 bridgehead atoms. The summed E-state index contributed by atoms with van der Waals surface area (Å²) in [6, 6.07) is 0.766. The molecular weight excluding hydrogens is 231 g/mol. The summed E-state index contributed by atoms with van der Waals surface area (Å²) in [5.74, 6) is 4.70. The normalized spacial score (nSPS) is 12.8. The Labute approximate surface area is 97.0 Å². The highest BCUT2D eigenvalue weighted by atomic mass is 19.4. The van der Waals surface area contributed by atoms with Gasteiger partial charge < -0.3 is 11.5 Å². The molecule has 0 aliphatic rings. The van der Waals surface area contributed by atoms with Crippen molar-refractivity contribution >= 4 is 5.82 Å². The second-order valence-electron chi connectivity index (χ2n) is 3.64. The van der Waals surface area contributed by atoms with Crippen molar-refractivity contribution in [1.29, 1.82) is 0 Å². The molecule has 0 saturated carbocycles. The van der Waals surface area contributed by atoms with E-state index in [1.165, 1.54) is 6.20 Å². The maximum atomic E-state index is 12.5. The molecule has 1 rings (SSSR count). The summed E-state index contributed by atoms with van der Waals surface area (Å²) in [7, 11) is 0. The molecule has 92 valence electrons. The lowest BCUT2D eigenvalue weighted by molar-refractivity contribution is -0.137. The van der Waals surface area contributed by atoms with Gasteiger partial charge in [-0.2, -0.15) is 13.2 Å². The molecule has 17 heavy (non-hydrogen) atoms. The third-order valence-electron chi connectivity index (χ3n) is 1.88. The van der Waals surface area contributed by atoms with E-state index < -0.39 is 17.6 Å². The SMILES string of the molecule is C[C@H](N)CC#Cc1cnc(N)c(C(F)(F)F)c1. The lowest BCUT2D eigenvalue weighted by Crippen LogP contribution is -2.13. The minimum atomic E-state index is -4.52. The first-order valence-electron chi connectivity index (χ1n) is 4.88. The summed E-state index contributed by atoms with van der Waals surface area (Å²) in [5.41, 5.74) is 9.82. The number of halogens is 3. The minimum absolute atomic E-state index is 0.119. The highest BCUT2D eigenvalue weighted by Crippen LogP contribution is 2.32. The second kappa shape index (κ2) is 5.06. The van der Waals surface area contributed by atoms with Gasteiger partial charge in [0.1, 0.15) is 5.82 Å². The van der Waals surface area contributed by atoms with Crippen LogP contribution in [-0.4, -0.2) is 11.0 Å². The molecule has 1 aromatic heterocycles. The quantitative estimate of drug-likeness (QED) is 0.739. The van der Waals surface area contributed by atoms with Crippen molar-refractivity contribution in [1.82, 2.24) is 4.98 Å². The van der Waals surface area contributed by atoms with Crippen LogP contribution in [0.3, 0.4) is 0 Å². The Hall–Kier alpha value is -1.74. The van der Waals surface area contributed by atoms with E-state index in [0.717, 1.165) is 6.07 Å². The average Bonchev–Trinajstić information content (AvgIpc) is 2.18. The Morgan fingerprint density at radius 2 is 2.12 bits per heavy atom. The summed E-state index contributed by atoms with van der Waals surface area (Å²) >= 11 is 0. The zero-order valence-corrected chi connectivity index (χ0v) is 9.17. The number of nitrogens with zero attached hydrogens (tertiary/aromatic N) is 1. The van der Waals surface area contributed by atoms with Crippen molar-refractivity contribution in [3.05, 3.63) is 23.4 Å². The van der Waals surface area contributed by atoms with Crippen LogP contribution in [0.4, 0.5) is 19.0 Å². The van der Waals surface area contributed by atoms with Crippen LogP contribution < -0.4 is 11.5 Å². The third-order valence-corrected chi connectivity index (χ3v) is 1.88. The Kier molecular flexibility index (Phi) is 3.97. The topological polar surface area (TPSA) is 64.9 Å². The first kappa shape index (κ1) is 13.3. The van der Waals surface area contributed by atoms with Gasteiger partial charge in [0.2, 0.25) is 0 Å². The molecule has 3 nitrogen and oxygen atoms in total. The van der Waals surface area contributed by atoms with Crippen LogP contribution in [0.5, 0.6) is 0 Å². The first-order chi connectivity index (χ1) is 7.80. The van der Waals surface area contributed by atoms with E-state index in [1.54, 1.807) is 6.92 Å². The van der Waals surface area contributed by atoms with Crippen LogP contribution >= 0.6 is 0 Å². The fourth-order valence-electron chi connectivity index (χ4n) is 1.08. The van der Waals surface area contributed by atoms with Crippen molar-refractivity contribution in [3.63, 3.8) is 0 Å². The van der Waals surface area contributed by atoms with Gasteiger partial charge in [-0.15, -0.1) is 0 Å². The van der Waals surface area contributed by atoms with E-state index >= 15 is 0 Å². The Balaban J connectivity index is 3.00. The van der Waals surface area contributed by atoms with Crippen molar-refractivity contribution in [2.75, 3.05) is 5.73 Å². The zero-order valence-electron chi connectivity index (χ0n) is 9.17. The number of aromatic nitrogens is 1. The van der Waals surface area contributed by atoms with Crippen molar-refractivity contribution in [3.8, 4) is 11.8 Å². The molecule has 1 heterocycles. The van der Waals surface area contributed by atoms with Gasteiger partial charge in [-0.25, -0.2) is 4.98 Å². The van der Waals surface area contributed by atoms with E-state index in [-0.39, 0.29) is 11.6 Å². The van der Waals surface area contributed by atoms with Crippen molar-refractivity contribution < 1.29 is 13.2 Å². The van der Waals surface area contributed by atoms with Gasteiger partial charge in [-0.3, -0.25) is 0 Å². The molecular formula is C11H12F3N3. The Bertz CT molecular complexity index is 455. The van der Waals surface area contributed by atoms with Gasteiger partial charge in [0, 0.05) is 24.2 Å². The van der Waals surface area contributed by atoms with Crippen molar-refractivity contribution in [2.24, 2.45) is 5.73 Å². The number of nitrogen functional groups attached to an aromatic ring is 1. The summed E-state index contributed by atoms with van der Waals surface area (Å²) < 4.78 is 37.5. The zero-order chi connectivity index (χ0) is 13.1. The molecule has 0 saturated heterocycles. The van der Waals surface area contributed by atoms with Gasteiger partial charge in [-0.05, 0) is 13.0 Å². The van der Waals surface area contributed by atoms with E-state index in [9.17, 15) is 13.2 Å². The molecule has 0 unspecified atom stereocenters. The number of hydrogen-bond donors (Lipinski definition) is 2. The minimum Gasteiger partial charge on any atom is -0.383 e. The average molecular weight is 243 g/mol. The number of pyridine rings is 1. The van der Waals surface area contributed by atoms with Gasteiger partial charge >= 0.3 is 6.18 Å². The molecule has 1 atom stereocenters. The first-order valence-corrected chi connectivity index (χ1v) is 4.88. The largest absolute Gasteiger partial charge is 0.419 e. The Morgan fingerprint density at radius 1 is 1.47 bits per heavy atom. The fourth-order valence-corrected chi connectivity index (χ4v) is 1.08. The summed E-state index contributed by atoms with van der Waals surface area (Å²) in [4.78, 5) is 3.47. The van der Waals surface area contributed by atoms with Gasteiger partial charge in [0.15, 0.2) is 0 Å². The van der Waals surface area contributed by atoms with Crippen molar-refractivity contribution in [2.45, 2.75) is 25.6 Å². The summed E-state index contributed by atoms with van der Waals surface area (Å²) in [5, 5.41) is 0. The Morgan fingerprint density at radius 3 is 2.65 bits per heavy atom. The molecule has 0 fully saturated rings. The van der Waals surface area contributed by atoms with Crippen LogP contribution in [-0.2, 0) is 6.18 Å². The number of anilines is 1. The standard InChI is InChI=1S/C11H12F3N3/c1-7(15)3-2-4-8-5-9(11(12,13)14)10(16)17-6-8/h5-7H,3,15H2,1H3,(H2,16,17)/t7-/m0/s1. The summed E-state index contributed by atoms with van der Waals surface area (Å²) in [6.07, 6.45) is -2.90. The smallest absolute Gasteiger partial charge is 0.383 e. The fraction of sp³-hybridized carbons (Fsp3) is 0.364. The molecule has 0 amide bonds. The van der Waals surface area contributed by atoms with Gasteiger partial charge in [0.05, 0.1) is 5.56 Å². The van der Waals surface area contributed by atoms with E-state index in [4.69, 9.17) is 11.5 Å². The van der Waals surface area contributed by atoms with Crippen LogP contribution in [0.15, 0.2) is 12.3 Å². The third kappa shape index (κ3) is 3.96. The molecule has 1 aromatic rings. The molecule has 0 aromatic carbocycles. The molecule has 4 N–H and O–H groups in total. The van der Waals surface area contributed by atoms with E-state index in [1.807, 2.05) is 0 Å². The molecule has 6 heteroatoms. The predicted molar refractivity (Wildman–Crippen MR) is 58.8 cm³/mol. The summed E-state index contributed by atoms with van der Waals surface area (Å²) in [6.45, 7) is 1.76. The number of nitrogens with two attached hydrogens (primary N) is 2. The van der Waals surface area contributed by atoms with Crippen LogP contribution in [0.25, 0.3) is 0 Å². The number of alkyl halides is 3. The molecule has 0 aliphatic heterocycles. The van der Waals surface area contributed by atoms with Gasteiger partial charge in [-0.1, -0.05) is 11.8 Å². The van der Waals surface area contributed by atoms with E-state index in [0.29, 0.717) is 6.42 Å². The van der Waals surface area contributed by atoms with Crippen LogP contribution in [0.1, 0.15) is 24.5 Å². The molecule has 0 spiro atoms. The lowest BCUT2D eigenvalue weighted by Gasteiger charge is -2.08. The molecule has 0 aliphatic carbocycles. The second-order valence-corrected chi connectivity index (χ2v) is 3.64. The number of rotatable bonds is 1. The number of hydrogen-bond acceptors (Lipinski definition) is 3. The van der Waals surface area contributed by atoms with Crippen LogP contribution in [0, 0.1) is 11.8 Å². The monoisotopic (exact) mass is 243 g/mol. The highest BCUT2D eigenvalue weighted by Gasteiger charge is 2.33. The predicted octanol–water partition coefficient (Wildman–Crippen LogP) is 1.77. The van der Waals surface area contributed by atoms with Gasteiger partial charge in [0.25, 0.3) is 0 Å². The van der Waals surface area contributed by atoms with E-state index in [2.05, 4.69) is 16.8 Å². The lowest BCUT2D eigenvalue weighted by atomic mass is 10.1. The highest BCUT2D eigenvalue weighted by molar-refractivity contribution is 5.47. The molecule has 0 radical (unpaired) electrons. The van der Waals surface area contributed by atoms with Crippen LogP contribution in [0.2, 0.25) is 0 Å².